The van der Waals surface area contributed by atoms with E-state index in [9.17, 15) is 61.5 Å². The summed E-state index contributed by atoms with van der Waals surface area (Å²) in [5.74, 6) is -7.71. The second kappa shape index (κ2) is 65.9. The Balaban J connectivity index is -0.000000418. The highest BCUT2D eigenvalue weighted by molar-refractivity contribution is 7.58. The lowest BCUT2D eigenvalue weighted by Gasteiger charge is -2.25. The minimum atomic E-state index is -4.39. The lowest BCUT2D eigenvalue weighted by atomic mass is 10.0. The number of nitrogens with one attached hydrogen (secondary N) is 3. The average molecular weight is 1620 g/mol. The zero-order chi connectivity index (χ0) is 83.2. The molecule has 0 saturated heterocycles. The van der Waals surface area contributed by atoms with Crippen LogP contribution in [0.4, 0.5) is 0 Å². The van der Waals surface area contributed by atoms with E-state index in [4.69, 9.17) is 53.5 Å². The molecule has 27 nitrogen and oxygen atoms in total. The minimum absolute atomic E-state index is 0.00301. The third-order valence-electron chi connectivity index (χ3n) is 15.7. The summed E-state index contributed by atoms with van der Waals surface area (Å²) in [6, 6.07) is 0. The van der Waals surface area contributed by atoms with Gasteiger partial charge in [-0.1, -0.05) is 156 Å². The molecule has 0 aromatic heterocycles. The highest BCUT2D eigenvalue weighted by Gasteiger charge is 2.36. The van der Waals surface area contributed by atoms with Gasteiger partial charge >= 0.3 is 45.0 Å². The molecule has 0 aliphatic heterocycles. The Hall–Kier alpha value is -3.60. The standard InChI is InChI=1S/C21H42NO5P.C20H40NO6P.C14H28NO6P.C13H25O6P.C8H19N/c1-7-9-10-11-12-13-16-22-19(23)15-14-18(17-28(6,25)26-8-2)20(24)27-21(3,4)5;1-6-8-9-10-11-12-15-21-18(22)14-13-17(16-28(24,25)26-7-2)19(23)27-20(3,4)5;1-2-3-4-5-6-7-10-15-13(16)9-8-12(14(17)18)11-22(19,20)21;1-6-18-20(5,17)9-10(7-8-11(14)15)12(16)19-13(2,3)4;1-2-3-4-5-6-7-8-9/h18H,7-17H2,1-6H3,(H,22,23);17H,6-16H2,1-5H3,(H,21,22)(H,24,25);12H,2-11H2,1H3,(H,15,16)(H,17,18)(H2,19,20,21);10H,6-9H2,1-5H3,(H,14,15);2-9H2,1H3. The van der Waals surface area contributed by atoms with Crippen molar-refractivity contribution in [2.75, 3.05) is 84.0 Å². The number of nitrogens with two attached hydrogens (primary N) is 1. The summed E-state index contributed by atoms with van der Waals surface area (Å²) >= 11 is 0. The zero-order valence-corrected chi connectivity index (χ0v) is 73.2. The smallest absolute Gasteiger partial charge is 0.328 e. The van der Waals surface area contributed by atoms with Gasteiger partial charge in [0, 0.05) is 71.0 Å². The first-order chi connectivity index (χ1) is 49.6. The number of rotatable bonds is 57. The number of hydrogen-bond donors (Lipinski definition) is 9. The average Bonchev–Trinajstić information content (AvgIpc) is 0.878. The van der Waals surface area contributed by atoms with Crippen LogP contribution in [0.2, 0.25) is 0 Å². The first kappa shape index (κ1) is 112. The largest absolute Gasteiger partial charge is 0.481 e. The molecule has 0 aromatic carbocycles. The van der Waals surface area contributed by atoms with E-state index in [-0.39, 0.29) is 94.4 Å². The van der Waals surface area contributed by atoms with E-state index in [1.807, 2.05) is 0 Å². The van der Waals surface area contributed by atoms with Gasteiger partial charge in [0.15, 0.2) is 0 Å². The topological polar surface area (TPSA) is 423 Å². The van der Waals surface area contributed by atoms with Crippen LogP contribution in [0.25, 0.3) is 0 Å². The molecule has 636 valence electrons. The molecule has 0 aliphatic rings. The van der Waals surface area contributed by atoms with Gasteiger partial charge in [0.05, 0.1) is 55.8 Å². The van der Waals surface area contributed by atoms with E-state index < -0.39 is 106 Å². The van der Waals surface area contributed by atoms with E-state index in [1.54, 1.807) is 83.1 Å². The summed E-state index contributed by atoms with van der Waals surface area (Å²) in [6.07, 6.45) is 28.3. The molecule has 0 spiro atoms. The Kier molecular flexibility index (Phi) is 69.0. The fourth-order valence-corrected chi connectivity index (χ4v) is 16.3. The maximum Gasteiger partial charge on any atom is 0.328 e. The zero-order valence-electron chi connectivity index (χ0n) is 69.7. The number of unbranched alkanes of at least 4 members (excludes halogenated alkanes) is 20. The second-order valence-electron chi connectivity index (χ2n) is 30.5. The number of hydrogen-bond acceptors (Lipinski definition) is 19. The van der Waals surface area contributed by atoms with Crippen LogP contribution in [0.5, 0.6) is 0 Å². The summed E-state index contributed by atoms with van der Waals surface area (Å²) in [5, 5.41) is 26.1. The monoisotopic (exact) mass is 1610 g/mol. The van der Waals surface area contributed by atoms with Crippen molar-refractivity contribution in [3.05, 3.63) is 0 Å². The van der Waals surface area contributed by atoms with Crippen molar-refractivity contribution in [3.63, 3.8) is 0 Å². The normalized spacial score (nSPS) is 14.3. The summed E-state index contributed by atoms with van der Waals surface area (Å²) in [7, 11) is -14.1. The molecule has 107 heavy (non-hydrogen) atoms. The van der Waals surface area contributed by atoms with Crippen molar-refractivity contribution in [2.45, 2.75) is 333 Å². The van der Waals surface area contributed by atoms with Crippen LogP contribution in [0, 0.1) is 23.7 Å². The molecular weight excluding hydrogens is 1460 g/mol. The van der Waals surface area contributed by atoms with E-state index in [1.165, 1.54) is 122 Å². The van der Waals surface area contributed by atoms with E-state index >= 15 is 0 Å². The number of carbonyl (C=O) groups excluding carboxylic acids is 6. The van der Waals surface area contributed by atoms with Gasteiger partial charge in [-0.2, -0.15) is 0 Å². The summed E-state index contributed by atoms with van der Waals surface area (Å²) in [6.45, 7) is 36.0. The number of carboxylic acid groups (broad SMARTS) is 2. The van der Waals surface area contributed by atoms with Crippen LogP contribution in [0.15, 0.2) is 0 Å². The molecule has 10 N–H and O–H groups in total. The molecule has 0 heterocycles. The number of ether oxygens (including phenoxy) is 3. The van der Waals surface area contributed by atoms with E-state index in [0.717, 1.165) is 51.5 Å². The maximum absolute atomic E-state index is 12.5. The van der Waals surface area contributed by atoms with Gasteiger partial charge in [-0.3, -0.25) is 56.6 Å². The second-order valence-corrected chi connectivity index (χ2v) is 39.4. The van der Waals surface area contributed by atoms with Crippen LogP contribution in [0.1, 0.15) is 316 Å². The molecule has 7 unspecified atom stereocenters. The molecule has 0 radical (unpaired) electrons. The quantitative estimate of drug-likeness (QED) is 0.0118. The Morgan fingerprint density at radius 1 is 0.364 bits per heavy atom. The van der Waals surface area contributed by atoms with Crippen molar-refractivity contribution in [3.8, 4) is 0 Å². The van der Waals surface area contributed by atoms with Gasteiger partial charge in [-0.25, -0.2) is 0 Å². The Labute approximate surface area is 646 Å². The third-order valence-corrected chi connectivity index (χ3v) is 22.0. The lowest BCUT2D eigenvalue weighted by molar-refractivity contribution is -0.160. The number of esters is 3. The SMILES string of the molecule is CCCCCCCCN.CCCCCCCCNC(=O)CCC(CP(=O)(O)O)C(=O)O.CCCCCCCCNC(=O)CCC(CP(=O)(O)OCC)C(=O)OC(C)(C)C.CCCCCCCCNC(=O)CCC(CP(C)(=O)OCC)C(=O)OC(C)(C)C.CCOP(C)(=O)CC(CCC(=O)O)C(=O)OC(C)(C)C. The highest BCUT2D eigenvalue weighted by atomic mass is 31.2. The van der Waals surface area contributed by atoms with Gasteiger partial charge < -0.3 is 74.4 Å². The number of carbonyl (C=O) groups is 8. The van der Waals surface area contributed by atoms with Crippen LogP contribution in [0.3, 0.4) is 0 Å². The first-order valence-corrected chi connectivity index (χ1v) is 47.8. The lowest BCUT2D eigenvalue weighted by Crippen LogP contribution is -2.32. The summed E-state index contributed by atoms with van der Waals surface area (Å²) < 4.78 is 79.0. The molecule has 0 aromatic rings. The van der Waals surface area contributed by atoms with Crippen molar-refractivity contribution in [1.82, 2.24) is 16.0 Å². The predicted octanol–water partition coefficient (Wildman–Crippen LogP) is 16.7. The fourth-order valence-electron chi connectivity index (χ4n) is 10.4. The van der Waals surface area contributed by atoms with Crippen molar-refractivity contribution >= 4 is 77.5 Å². The van der Waals surface area contributed by atoms with Gasteiger partial charge in [-0.05, 0) is 141 Å². The van der Waals surface area contributed by atoms with Crippen LogP contribution >= 0.6 is 29.9 Å². The summed E-state index contributed by atoms with van der Waals surface area (Å²) in [5.41, 5.74) is 3.34. The molecule has 0 rings (SSSR count). The Morgan fingerprint density at radius 3 is 0.879 bits per heavy atom. The molecule has 31 heteroatoms. The summed E-state index contributed by atoms with van der Waals surface area (Å²) in [4.78, 5) is 122. The van der Waals surface area contributed by atoms with Crippen LogP contribution < -0.4 is 21.7 Å². The maximum atomic E-state index is 12.5. The van der Waals surface area contributed by atoms with Crippen LogP contribution in [-0.4, -0.2) is 173 Å². The van der Waals surface area contributed by atoms with Gasteiger partial charge in [-0.15, -0.1) is 0 Å². The molecule has 0 saturated carbocycles. The van der Waals surface area contributed by atoms with Gasteiger partial charge in [0.25, 0.3) is 0 Å². The minimum Gasteiger partial charge on any atom is -0.481 e. The molecule has 0 bridgehead atoms. The fraction of sp³-hybridized carbons (Fsp3) is 0.895. The third kappa shape index (κ3) is 81.7. The number of amides is 3. The van der Waals surface area contributed by atoms with Crippen molar-refractivity contribution < 1.29 is 109 Å². The van der Waals surface area contributed by atoms with Crippen LogP contribution in [-0.2, 0) is 84.4 Å². The van der Waals surface area contributed by atoms with E-state index in [2.05, 4.69) is 43.6 Å². The molecule has 0 fully saturated rings. The molecule has 7 atom stereocenters. The first-order valence-electron chi connectivity index (χ1n) is 39.7. The van der Waals surface area contributed by atoms with Crippen molar-refractivity contribution in [1.29, 1.82) is 0 Å². The van der Waals surface area contributed by atoms with E-state index in [0.29, 0.717) is 32.7 Å². The number of aliphatic carboxylic acids is 2. The molecule has 3 amide bonds. The highest BCUT2D eigenvalue weighted by Crippen LogP contribution is 2.47. The van der Waals surface area contributed by atoms with Gasteiger partial charge in [0.1, 0.15) is 16.8 Å². The predicted molar refractivity (Wildman–Crippen MR) is 429 cm³/mol. The van der Waals surface area contributed by atoms with Gasteiger partial charge in [0.2, 0.25) is 32.5 Å². The van der Waals surface area contributed by atoms with Crippen molar-refractivity contribution in [2.24, 2.45) is 29.4 Å². The Morgan fingerprint density at radius 2 is 0.626 bits per heavy atom. The molecule has 0 aliphatic carbocycles. The molecular formula is C76H154N4O23P4. The Bertz CT molecular complexity index is 2460. The number of carboxylic acids is 2.